The summed E-state index contributed by atoms with van der Waals surface area (Å²) in [7, 11) is 1.64. The van der Waals surface area contributed by atoms with Crippen molar-refractivity contribution < 1.29 is 9.53 Å². The minimum Gasteiger partial charge on any atom is -0.496 e. The van der Waals surface area contributed by atoms with Crippen LogP contribution in [0.2, 0.25) is 0 Å². The molecule has 0 aliphatic heterocycles. The minimum absolute atomic E-state index is 0.119. The zero-order chi connectivity index (χ0) is 16.7. The van der Waals surface area contributed by atoms with Crippen molar-refractivity contribution in [2.75, 3.05) is 19.1 Å². The Morgan fingerprint density at radius 2 is 2.26 bits per heavy atom. The Morgan fingerprint density at radius 1 is 1.48 bits per heavy atom. The van der Waals surface area contributed by atoms with Crippen LogP contribution in [0.1, 0.15) is 11.3 Å². The van der Waals surface area contributed by atoms with Gasteiger partial charge in [0.2, 0.25) is 5.91 Å². The Hall–Kier alpha value is -1.57. The molecule has 1 aromatic heterocycles. The number of aromatic nitrogens is 1. The summed E-state index contributed by atoms with van der Waals surface area (Å²) in [4.78, 5) is 17.3. The molecule has 1 amide bonds. The Labute approximate surface area is 144 Å². The Morgan fingerprint density at radius 3 is 3.00 bits per heavy atom. The summed E-state index contributed by atoms with van der Waals surface area (Å²) < 4.78 is 5.35. The second kappa shape index (κ2) is 8.90. The Bertz CT molecular complexity index is 646. The maximum Gasteiger partial charge on any atom is 0.237 e. The van der Waals surface area contributed by atoms with Crippen molar-refractivity contribution in [3.8, 4) is 16.3 Å². The van der Waals surface area contributed by atoms with Crippen molar-refractivity contribution >= 4 is 29.0 Å². The van der Waals surface area contributed by atoms with Gasteiger partial charge >= 0.3 is 0 Å². The van der Waals surface area contributed by atoms with Crippen molar-refractivity contribution in [3.05, 3.63) is 35.3 Å². The van der Waals surface area contributed by atoms with Gasteiger partial charge in [-0.1, -0.05) is 12.1 Å². The molecule has 0 aliphatic rings. The van der Waals surface area contributed by atoms with Crippen molar-refractivity contribution in [2.45, 2.75) is 19.0 Å². The second-order valence-electron chi connectivity index (χ2n) is 4.94. The number of benzene rings is 1. The van der Waals surface area contributed by atoms with E-state index in [1.807, 2.05) is 30.5 Å². The monoisotopic (exact) mass is 351 g/mol. The summed E-state index contributed by atoms with van der Waals surface area (Å²) in [6, 6.07) is 7.30. The number of ether oxygens (including phenoxy) is 1. The number of thiazole rings is 1. The Kier molecular flexibility index (Phi) is 6.88. The van der Waals surface area contributed by atoms with E-state index < -0.39 is 6.04 Å². The average molecular weight is 351 g/mol. The maximum atomic E-state index is 11.9. The van der Waals surface area contributed by atoms with Gasteiger partial charge in [-0.2, -0.15) is 11.8 Å². The molecule has 0 saturated heterocycles. The van der Waals surface area contributed by atoms with Crippen LogP contribution in [-0.2, 0) is 11.3 Å². The molecule has 0 aliphatic carbocycles. The number of rotatable bonds is 8. The Balaban J connectivity index is 1.96. The molecule has 1 aromatic carbocycles. The van der Waals surface area contributed by atoms with E-state index >= 15 is 0 Å². The zero-order valence-corrected chi connectivity index (χ0v) is 14.9. The van der Waals surface area contributed by atoms with Crippen LogP contribution in [0.4, 0.5) is 0 Å². The molecule has 7 heteroatoms. The number of hydrogen-bond acceptors (Lipinski definition) is 6. The van der Waals surface area contributed by atoms with Crippen molar-refractivity contribution in [2.24, 2.45) is 5.73 Å². The number of methoxy groups -OCH3 is 1. The van der Waals surface area contributed by atoms with Crippen molar-refractivity contribution in [1.29, 1.82) is 0 Å². The predicted molar refractivity (Wildman–Crippen MR) is 96.9 cm³/mol. The molecule has 3 N–H and O–H groups in total. The zero-order valence-electron chi connectivity index (χ0n) is 13.2. The molecule has 1 atom stereocenters. The summed E-state index contributed by atoms with van der Waals surface area (Å²) in [6.45, 7) is 0.443. The number of carbonyl (C=O) groups excluding carboxylic acids is 1. The molecular weight excluding hydrogens is 330 g/mol. The fourth-order valence-electron chi connectivity index (χ4n) is 2.02. The van der Waals surface area contributed by atoms with Crippen LogP contribution in [0.5, 0.6) is 5.75 Å². The first kappa shape index (κ1) is 17.8. The van der Waals surface area contributed by atoms with Gasteiger partial charge in [-0.15, -0.1) is 11.3 Å². The molecule has 0 fully saturated rings. The van der Waals surface area contributed by atoms with Crippen LogP contribution < -0.4 is 15.8 Å². The first-order chi connectivity index (χ1) is 11.2. The largest absolute Gasteiger partial charge is 0.496 e. The van der Waals surface area contributed by atoms with E-state index in [0.29, 0.717) is 13.0 Å². The van der Waals surface area contributed by atoms with Gasteiger partial charge in [0, 0.05) is 11.1 Å². The van der Waals surface area contributed by atoms with E-state index in [4.69, 9.17) is 10.5 Å². The molecule has 0 unspecified atom stereocenters. The molecular formula is C16H21N3O2S2. The van der Waals surface area contributed by atoms with Crippen LogP contribution in [-0.4, -0.2) is 36.1 Å². The lowest BCUT2D eigenvalue weighted by atomic mass is 10.2. The van der Waals surface area contributed by atoms with Gasteiger partial charge in [-0.3, -0.25) is 4.79 Å². The predicted octanol–water partition coefficient (Wildman–Crippen LogP) is 2.52. The van der Waals surface area contributed by atoms with Crippen LogP contribution in [0, 0.1) is 0 Å². The van der Waals surface area contributed by atoms with Gasteiger partial charge in [-0.05, 0) is 30.6 Å². The summed E-state index contributed by atoms with van der Waals surface area (Å²) in [6.07, 6.45) is 4.46. The third-order valence-electron chi connectivity index (χ3n) is 3.30. The maximum absolute atomic E-state index is 11.9. The second-order valence-corrected chi connectivity index (χ2v) is 7.04. The standard InChI is InChI=1S/C16H21N3O2S2/c1-21-14-6-4-3-5-12(14)16-19-10-11(23-16)9-18-15(20)13(17)7-8-22-2/h3-6,10,13H,7-9,17H2,1-2H3,(H,18,20)/t13-/m0/s1. The summed E-state index contributed by atoms with van der Waals surface area (Å²) in [5.41, 5.74) is 6.80. The van der Waals surface area contributed by atoms with Gasteiger partial charge in [0.05, 0.1) is 25.3 Å². The third kappa shape index (κ3) is 4.95. The van der Waals surface area contributed by atoms with Crippen LogP contribution in [0.15, 0.2) is 30.5 Å². The SMILES string of the molecule is COc1ccccc1-c1ncc(CNC(=O)[C@@H](N)CCSC)s1. The van der Waals surface area contributed by atoms with E-state index in [9.17, 15) is 4.79 Å². The summed E-state index contributed by atoms with van der Waals surface area (Å²) in [5.74, 6) is 1.55. The lowest BCUT2D eigenvalue weighted by Crippen LogP contribution is -2.40. The van der Waals surface area contributed by atoms with E-state index in [2.05, 4.69) is 10.3 Å². The van der Waals surface area contributed by atoms with E-state index in [1.165, 1.54) is 11.3 Å². The van der Waals surface area contributed by atoms with Gasteiger partial charge in [0.25, 0.3) is 0 Å². The van der Waals surface area contributed by atoms with E-state index in [1.54, 1.807) is 25.1 Å². The van der Waals surface area contributed by atoms with Gasteiger partial charge in [0.1, 0.15) is 10.8 Å². The fourth-order valence-corrected chi connectivity index (χ4v) is 3.39. The van der Waals surface area contributed by atoms with Crippen molar-refractivity contribution in [1.82, 2.24) is 10.3 Å². The molecule has 2 aromatic rings. The number of para-hydroxylation sites is 1. The summed E-state index contributed by atoms with van der Waals surface area (Å²) >= 11 is 3.22. The number of amides is 1. The van der Waals surface area contributed by atoms with Gasteiger partial charge in [-0.25, -0.2) is 4.98 Å². The topological polar surface area (TPSA) is 77.2 Å². The normalized spacial score (nSPS) is 12.0. The highest BCUT2D eigenvalue weighted by atomic mass is 32.2. The number of nitrogens with two attached hydrogens (primary N) is 1. The van der Waals surface area contributed by atoms with E-state index in [-0.39, 0.29) is 5.91 Å². The average Bonchev–Trinajstić information content (AvgIpc) is 3.06. The lowest BCUT2D eigenvalue weighted by Gasteiger charge is -2.10. The molecule has 0 spiro atoms. The van der Waals surface area contributed by atoms with Gasteiger partial charge < -0.3 is 15.8 Å². The number of nitrogens with zero attached hydrogens (tertiary/aromatic N) is 1. The molecule has 0 bridgehead atoms. The summed E-state index contributed by atoms with van der Waals surface area (Å²) in [5, 5.41) is 3.74. The minimum atomic E-state index is -0.455. The fraction of sp³-hybridized carbons (Fsp3) is 0.375. The molecule has 23 heavy (non-hydrogen) atoms. The third-order valence-corrected chi connectivity index (χ3v) is 4.97. The van der Waals surface area contributed by atoms with Crippen LogP contribution >= 0.6 is 23.1 Å². The number of nitrogens with one attached hydrogen (secondary N) is 1. The van der Waals surface area contributed by atoms with Crippen molar-refractivity contribution in [3.63, 3.8) is 0 Å². The highest BCUT2D eigenvalue weighted by Crippen LogP contribution is 2.32. The quantitative estimate of drug-likeness (QED) is 0.764. The first-order valence-corrected chi connectivity index (χ1v) is 9.47. The molecule has 0 radical (unpaired) electrons. The smallest absolute Gasteiger partial charge is 0.237 e. The molecule has 124 valence electrons. The first-order valence-electron chi connectivity index (χ1n) is 7.26. The highest BCUT2D eigenvalue weighted by molar-refractivity contribution is 7.98. The van der Waals surface area contributed by atoms with Gasteiger partial charge in [0.15, 0.2) is 0 Å². The highest BCUT2D eigenvalue weighted by Gasteiger charge is 2.14. The number of thioether (sulfide) groups is 1. The molecule has 5 nitrogen and oxygen atoms in total. The molecule has 2 rings (SSSR count). The van der Waals surface area contributed by atoms with Crippen LogP contribution in [0.25, 0.3) is 10.6 Å². The molecule has 1 heterocycles. The van der Waals surface area contributed by atoms with E-state index in [0.717, 1.165) is 27.0 Å². The number of carbonyl (C=O) groups is 1. The van der Waals surface area contributed by atoms with Crippen LogP contribution in [0.3, 0.4) is 0 Å². The number of hydrogen-bond donors (Lipinski definition) is 2. The lowest BCUT2D eigenvalue weighted by molar-refractivity contribution is -0.122. The molecule has 0 saturated carbocycles.